The van der Waals surface area contributed by atoms with Gasteiger partial charge >= 0.3 is 5.97 Å². The van der Waals surface area contributed by atoms with E-state index in [1.165, 1.54) is 15.5 Å². The van der Waals surface area contributed by atoms with Crippen LogP contribution in [0.4, 0.5) is 5.13 Å². The number of halogens is 1. The van der Waals surface area contributed by atoms with Crippen LogP contribution in [0.1, 0.15) is 19.3 Å². The molecule has 0 aliphatic carbocycles. The number of nitrogens with zero attached hydrogens (tertiary/aromatic N) is 1. The van der Waals surface area contributed by atoms with Gasteiger partial charge in [0.2, 0.25) is 0 Å². The Balaban J connectivity index is 1.47. The summed E-state index contributed by atoms with van der Waals surface area (Å²) in [7, 11) is 0. The smallest absolute Gasteiger partial charge is 0.343 e. The van der Waals surface area contributed by atoms with Crippen LogP contribution in [0.25, 0.3) is 21.0 Å². The Labute approximate surface area is 164 Å². The van der Waals surface area contributed by atoms with Crippen molar-refractivity contribution in [3.8, 4) is 0 Å². The molecule has 3 aromatic rings. The summed E-state index contributed by atoms with van der Waals surface area (Å²) in [6.07, 6.45) is 2.88. The molecule has 0 aliphatic rings. The highest BCUT2D eigenvalue weighted by Crippen LogP contribution is 2.31. The van der Waals surface area contributed by atoms with E-state index in [1.807, 2.05) is 28.7 Å². The molecule has 0 aliphatic heterocycles. The number of anilines is 1. The molecular weight excluding hydrogens is 447 g/mol. The summed E-state index contributed by atoms with van der Waals surface area (Å²) in [4.78, 5) is 16.0. The molecule has 0 saturated heterocycles. The maximum atomic E-state index is 11.2. The molecule has 0 amide bonds. The van der Waals surface area contributed by atoms with Crippen LogP contribution in [0.5, 0.6) is 0 Å². The lowest BCUT2D eigenvalue weighted by molar-refractivity contribution is -0.138. The molecule has 0 unspecified atom stereocenters. The summed E-state index contributed by atoms with van der Waals surface area (Å²) < 4.78 is 6.69. The van der Waals surface area contributed by atoms with E-state index >= 15 is 0 Å². The summed E-state index contributed by atoms with van der Waals surface area (Å²) in [6, 6.07) is 12.6. The van der Waals surface area contributed by atoms with Gasteiger partial charge in [0, 0.05) is 11.9 Å². The van der Waals surface area contributed by atoms with Crippen LogP contribution in [-0.4, -0.2) is 24.1 Å². The number of nitrogens with one attached hydrogen (secondary N) is 1. The van der Waals surface area contributed by atoms with Crippen molar-refractivity contribution in [1.29, 1.82) is 0 Å². The number of fused-ring (bicyclic) bond motifs is 3. The molecule has 130 valence electrons. The van der Waals surface area contributed by atoms with Crippen molar-refractivity contribution in [2.45, 2.75) is 19.3 Å². The largest absolute Gasteiger partial charge is 0.462 e. The SMILES string of the molecule is C=C(I)C(=O)OCCCCCNc1nc2c(ccc3ccccc32)s1. The number of benzene rings is 2. The van der Waals surface area contributed by atoms with E-state index < -0.39 is 0 Å². The molecule has 0 fully saturated rings. The van der Waals surface area contributed by atoms with Crippen LogP contribution in [0.2, 0.25) is 0 Å². The highest BCUT2D eigenvalue weighted by atomic mass is 127. The summed E-state index contributed by atoms with van der Waals surface area (Å²) in [6.45, 7) is 4.87. The van der Waals surface area contributed by atoms with Gasteiger partial charge in [0.05, 0.1) is 20.4 Å². The van der Waals surface area contributed by atoms with Crippen molar-refractivity contribution >= 4 is 66.0 Å². The number of carbonyl (C=O) groups is 1. The number of rotatable bonds is 8. The van der Waals surface area contributed by atoms with Gasteiger partial charge in [-0.05, 0) is 53.3 Å². The minimum atomic E-state index is -0.319. The van der Waals surface area contributed by atoms with Gasteiger partial charge in [0.1, 0.15) is 0 Å². The Hall–Kier alpha value is -1.67. The zero-order valence-electron chi connectivity index (χ0n) is 13.8. The van der Waals surface area contributed by atoms with E-state index in [1.54, 1.807) is 11.3 Å². The molecule has 1 heterocycles. The van der Waals surface area contributed by atoms with Crippen molar-refractivity contribution in [2.75, 3.05) is 18.5 Å². The predicted octanol–water partition coefficient (Wildman–Crippen LogP) is 5.52. The molecule has 0 saturated carbocycles. The van der Waals surface area contributed by atoms with Crippen LogP contribution in [0.3, 0.4) is 0 Å². The van der Waals surface area contributed by atoms with Crippen molar-refractivity contribution in [3.63, 3.8) is 0 Å². The van der Waals surface area contributed by atoms with Crippen LogP contribution < -0.4 is 5.32 Å². The minimum Gasteiger partial charge on any atom is -0.462 e. The first-order valence-corrected chi connectivity index (χ1v) is 10.1. The lowest BCUT2D eigenvalue weighted by atomic mass is 10.1. The van der Waals surface area contributed by atoms with Gasteiger partial charge in [-0.15, -0.1) is 0 Å². The molecule has 0 atom stereocenters. The second-order valence-electron chi connectivity index (χ2n) is 5.68. The van der Waals surface area contributed by atoms with Gasteiger partial charge in [0.15, 0.2) is 5.13 Å². The second kappa shape index (κ2) is 8.62. The van der Waals surface area contributed by atoms with E-state index in [2.05, 4.69) is 42.2 Å². The molecule has 25 heavy (non-hydrogen) atoms. The fourth-order valence-corrected chi connectivity index (χ4v) is 3.64. The van der Waals surface area contributed by atoms with E-state index in [0.717, 1.165) is 36.5 Å². The number of hydrogen-bond donors (Lipinski definition) is 1. The van der Waals surface area contributed by atoms with Gasteiger partial charge in [-0.2, -0.15) is 0 Å². The van der Waals surface area contributed by atoms with Gasteiger partial charge in [-0.3, -0.25) is 0 Å². The Bertz CT molecular complexity index is 907. The number of unbranched alkanes of at least 4 members (excludes halogenated alkanes) is 2. The minimum absolute atomic E-state index is 0.319. The topological polar surface area (TPSA) is 51.2 Å². The van der Waals surface area contributed by atoms with Crippen molar-refractivity contribution in [1.82, 2.24) is 4.98 Å². The zero-order valence-corrected chi connectivity index (χ0v) is 16.7. The number of aromatic nitrogens is 1. The van der Waals surface area contributed by atoms with Crippen LogP contribution in [0, 0.1) is 0 Å². The number of thiazole rings is 1. The van der Waals surface area contributed by atoms with Gasteiger partial charge in [-0.25, -0.2) is 9.78 Å². The summed E-state index contributed by atoms with van der Waals surface area (Å²) in [5, 5.41) is 6.77. The summed E-state index contributed by atoms with van der Waals surface area (Å²) in [5.41, 5.74) is 1.07. The van der Waals surface area contributed by atoms with Gasteiger partial charge < -0.3 is 10.1 Å². The van der Waals surface area contributed by atoms with Crippen molar-refractivity contribution in [2.24, 2.45) is 0 Å². The number of carbonyl (C=O) groups excluding carboxylic acids is 1. The van der Waals surface area contributed by atoms with E-state index in [-0.39, 0.29) is 5.97 Å². The normalized spacial score (nSPS) is 10.9. The Morgan fingerprint density at radius 2 is 2.04 bits per heavy atom. The fraction of sp³-hybridized carbons (Fsp3) is 0.263. The number of esters is 1. The maximum absolute atomic E-state index is 11.2. The highest BCUT2D eigenvalue weighted by Gasteiger charge is 2.07. The quantitative estimate of drug-likeness (QED) is 0.206. The first-order valence-electron chi connectivity index (χ1n) is 8.19. The molecule has 0 spiro atoms. The third kappa shape index (κ3) is 4.70. The first-order chi connectivity index (χ1) is 12.1. The average Bonchev–Trinajstić information content (AvgIpc) is 3.04. The second-order valence-corrected chi connectivity index (χ2v) is 8.01. The van der Waals surface area contributed by atoms with Gasteiger partial charge in [-0.1, -0.05) is 48.2 Å². The molecule has 4 nitrogen and oxygen atoms in total. The highest BCUT2D eigenvalue weighted by molar-refractivity contribution is 14.1. The molecular formula is C19H19IN2O2S. The molecule has 0 radical (unpaired) electrons. The first kappa shape index (κ1) is 18.1. The van der Waals surface area contributed by atoms with E-state index in [9.17, 15) is 4.79 Å². The predicted molar refractivity (Wildman–Crippen MR) is 114 cm³/mol. The van der Waals surface area contributed by atoms with Crippen LogP contribution >= 0.6 is 33.9 Å². The molecule has 3 rings (SSSR count). The Kier molecular flexibility index (Phi) is 6.25. The number of ether oxygens (including phenoxy) is 1. The summed E-state index contributed by atoms with van der Waals surface area (Å²) >= 11 is 3.56. The molecule has 1 aromatic heterocycles. The Morgan fingerprint density at radius 1 is 1.20 bits per heavy atom. The molecule has 6 heteroatoms. The third-order valence-electron chi connectivity index (χ3n) is 3.84. The molecule has 0 bridgehead atoms. The average molecular weight is 466 g/mol. The Morgan fingerprint density at radius 3 is 2.88 bits per heavy atom. The monoisotopic (exact) mass is 466 g/mol. The summed E-state index contributed by atoms with van der Waals surface area (Å²) in [5.74, 6) is -0.319. The maximum Gasteiger partial charge on any atom is 0.343 e. The lowest BCUT2D eigenvalue weighted by Crippen LogP contribution is -2.06. The van der Waals surface area contributed by atoms with Crippen LogP contribution in [0.15, 0.2) is 46.6 Å². The van der Waals surface area contributed by atoms with Crippen LogP contribution in [-0.2, 0) is 9.53 Å². The van der Waals surface area contributed by atoms with E-state index in [0.29, 0.717) is 10.2 Å². The zero-order chi connectivity index (χ0) is 17.6. The standard InChI is InChI=1S/C19H19IN2O2S/c1-13(20)18(23)24-12-6-2-5-11-21-19-22-17-15-8-4-3-7-14(15)9-10-16(17)25-19/h3-4,7-10H,1-2,5-6,11-12H2,(H,21,22). The third-order valence-corrected chi connectivity index (χ3v) is 5.25. The van der Waals surface area contributed by atoms with Crippen molar-refractivity contribution in [3.05, 3.63) is 46.6 Å². The fourth-order valence-electron chi connectivity index (χ4n) is 2.58. The lowest BCUT2D eigenvalue weighted by Gasteiger charge is -2.04. The molecule has 2 aromatic carbocycles. The van der Waals surface area contributed by atoms with Crippen molar-refractivity contribution < 1.29 is 9.53 Å². The number of hydrogen-bond acceptors (Lipinski definition) is 5. The van der Waals surface area contributed by atoms with Gasteiger partial charge in [0.25, 0.3) is 0 Å². The molecule has 1 N–H and O–H groups in total. The van der Waals surface area contributed by atoms with E-state index in [4.69, 9.17) is 9.72 Å².